The number of hydrogen-bond acceptors (Lipinski definition) is 6. The average molecular weight is 493 g/mol. The molecule has 0 saturated carbocycles. The number of ether oxygens (including phenoxy) is 1. The van der Waals surface area contributed by atoms with Crippen LogP contribution in [0.4, 0.5) is 19.3 Å². The number of nitrogens with one attached hydrogen (secondary N) is 2. The molecule has 7 nitrogen and oxygen atoms in total. The fourth-order valence-electron chi connectivity index (χ4n) is 3.79. The van der Waals surface area contributed by atoms with E-state index in [4.69, 9.17) is 16.3 Å². The van der Waals surface area contributed by atoms with Gasteiger partial charge in [0.1, 0.15) is 18.5 Å². The number of nitrogens with two attached hydrogens (primary N) is 2. The number of rotatable bonds is 12. The molecule has 34 heavy (non-hydrogen) atoms. The fraction of sp³-hybridized carbons (Fsp3) is 0.375. The lowest BCUT2D eigenvalue weighted by atomic mass is 10.0. The molecule has 0 aromatic heterocycles. The third-order valence-corrected chi connectivity index (χ3v) is 6.75. The van der Waals surface area contributed by atoms with Crippen molar-refractivity contribution in [1.82, 2.24) is 5.43 Å². The van der Waals surface area contributed by atoms with E-state index in [1.54, 1.807) is 12.1 Å². The van der Waals surface area contributed by atoms with Gasteiger partial charge in [0.15, 0.2) is 0 Å². The number of cyclic esters (lactones) is 1. The third-order valence-electron chi connectivity index (χ3n) is 5.56. The lowest BCUT2D eigenvalue weighted by molar-refractivity contribution is -0.893. The van der Waals surface area contributed by atoms with Crippen LogP contribution in [0.1, 0.15) is 12.0 Å². The molecule has 2 unspecified atom stereocenters. The van der Waals surface area contributed by atoms with Crippen molar-refractivity contribution in [2.75, 3.05) is 44.0 Å². The summed E-state index contributed by atoms with van der Waals surface area (Å²) in [4.78, 5) is 15.9. The van der Waals surface area contributed by atoms with Crippen LogP contribution in [0.3, 0.4) is 0 Å². The molecule has 0 bridgehead atoms. The molecule has 2 atom stereocenters. The smallest absolute Gasteiger partial charge is 0.414 e. The van der Waals surface area contributed by atoms with Crippen molar-refractivity contribution < 1.29 is 23.2 Å². The highest BCUT2D eigenvalue weighted by molar-refractivity contribution is 8.03. The molecule has 1 heterocycles. The van der Waals surface area contributed by atoms with Crippen LogP contribution >= 0.6 is 11.8 Å². The van der Waals surface area contributed by atoms with E-state index in [9.17, 15) is 13.6 Å². The van der Waals surface area contributed by atoms with E-state index in [1.807, 2.05) is 31.3 Å². The third kappa shape index (κ3) is 6.92. The molecule has 1 aliphatic rings. The minimum Gasteiger partial charge on any atom is -0.443 e. The largest absolute Gasteiger partial charge is 0.443 e. The Bertz CT molecular complexity index is 990. The highest BCUT2D eigenvalue weighted by Crippen LogP contribution is 2.30. The second-order valence-electron chi connectivity index (χ2n) is 8.23. The standard InChI is InChI=1S/C24H31F2N5O2S/c1-30(10-2-9-25)14-17-3-5-18(6-4-17)22-8-7-19(11-23(22)26)31-15-20(33-24(31)32)16-34-21(12-27)13-29-28/h3-8,11-12,20,29H,2,9-10,13-16,27-28H2,1H3/p+1/b21-12+. The van der Waals surface area contributed by atoms with Crippen molar-refractivity contribution in [3.05, 3.63) is 65.0 Å². The first-order valence-corrected chi connectivity index (χ1v) is 12.1. The Morgan fingerprint density at radius 1 is 1.32 bits per heavy atom. The minimum absolute atomic E-state index is 0.306. The van der Waals surface area contributed by atoms with Crippen LogP contribution in [0, 0.1) is 5.82 Å². The number of amides is 1. The number of nitrogens with zero attached hydrogens (tertiary/aromatic N) is 1. The molecule has 2 aromatic rings. The molecule has 1 aliphatic heterocycles. The highest BCUT2D eigenvalue weighted by Gasteiger charge is 2.32. The second-order valence-corrected chi connectivity index (χ2v) is 9.38. The second kappa shape index (κ2) is 12.7. The molecule has 1 amide bonds. The maximum absolute atomic E-state index is 15.0. The molecule has 1 saturated heterocycles. The molecule has 0 aliphatic carbocycles. The Hall–Kier alpha value is -2.66. The van der Waals surface area contributed by atoms with Gasteiger partial charge in [-0.2, -0.15) is 0 Å². The van der Waals surface area contributed by atoms with Crippen LogP contribution < -0.4 is 26.8 Å². The van der Waals surface area contributed by atoms with Gasteiger partial charge in [-0.1, -0.05) is 24.3 Å². The van der Waals surface area contributed by atoms with Gasteiger partial charge in [-0.15, -0.1) is 11.8 Å². The van der Waals surface area contributed by atoms with Crippen LogP contribution in [-0.2, 0) is 11.3 Å². The Morgan fingerprint density at radius 2 is 2.09 bits per heavy atom. The number of hydrogen-bond donors (Lipinski definition) is 4. The lowest BCUT2D eigenvalue weighted by Crippen LogP contribution is -3.07. The number of hydrazine groups is 1. The first-order chi connectivity index (χ1) is 16.4. The molecular formula is C24H32F2N5O2S+. The monoisotopic (exact) mass is 492 g/mol. The number of anilines is 1. The van der Waals surface area contributed by atoms with Crippen LogP contribution in [0.15, 0.2) is 53.6 Å². The number of quaternary nitrogens is 1. The summed E-state index contributed by atoms with van der Waals surface area (Å²) in [5.74, 6) is 5.42. The van der Waals surface area contributed by atoms with Gasteiger partial charge in [0.25, 0.3) is 0 Å². The normalized spacial score (nSPS) is 17.2. The van der Waals surface area contributed by atoms with E-state index in [0.717, 1.165) is 29.1 Å². The molecule has 6 N–H and O–H groups in total. The van der Waals surface area contributed by atoms with Gasteiger partial charge in [0.2, 0.25) is 0 Å². The molecule has 0 spiro atoms. The maximum Gasteiger partial charge on any atom is 0.414 e. The van der Waals surface area contributed by atoms with E-state index in [-0.39, 0.29) is 12.8 Å². The first-order valence-electron chi connectivity index (χ1n) is 11.2. The predicted octanol–water partition coefficient (Wildman–Crippen LogP) is 2.19. The average Bonchev–Trinajstić information content (AvgIpc) is 3.21. The van der Waals surface area contributed by atoms with Crippen molar-refractivity contribution in [1.29, 1.82) is 0 Å². The number of halogens is 2. The summed E-state index contributed by atoms with van der Waals surface area (Å²) in [6, 6.07) is 12.5. The van der Waals surface area contributed by atoms with Crippen LogP contribution in [0.5, 0.6) is 0 Å². The Labute approximate surface area is 203 Å². The summed E-state index contributed by atoms with van der Waals surface area (Å²) in [7, 11) is 2.03. The summed E-state index contributed by atoms with van der Waals surface area (Å²) in [5, 5.41) is 0. The number of carbonyl (C=O) groups is 1. The van der Waals surface area contributed by atoms with E-state index < -0.39 is 11.9 Å². The summed E-state index contributed by atoms with van der Waals surface area (Å²) >= 11 is 1.45. The summed E-state index contributed by atoms with van der Waals surface area (Å²) < 4.78 is 32.8. The van der Waals surface area contributed by atoms with Gasteiger partial charge in [-0.3, -0.25) is 20.6 Å². The minimum atomic E-state index is -0.503. The molecular weight excluding hydrogens is 460 g/mol. The number of benzene rings is 2. The molecule has 184 valence electrons. The Kier molecular flexibility index (Phi) is 9.70. The molecule has 0 radical (unpaired) electrons. The Balaban J connectivity index is 1.63. The van der Waals surface area contributed by atoms with Crippen LogP contribution in [-0.4, -0.2) is 51.3 Å². The van der Waals surface area contributed by atoms with Gasteiger partial charge in [0.05, 0.1) is 32.5 Å². The zero-order chi connectivity index (χ0) is 24.5. The molecule has 2 aromatic carbocycles. The predicted molar refractivity (Wildman–Crippen MR) is 132 cm³/mol. The van der Waals surface area contributed by atoms with Crippen molar-refractivity contribution in [3.63, 3.8) is 0 Å². The zero-order valence-corrected chi connectivity index (χ0v) is 20.0. The zero-order valence-electron chi connectivity index (χ0n) is 19.2. The van der Waals surface area contributed by atoms with Gasteiger partial charge < -0.3 is 15.4 Å². The van der Waals surface area contributed by atoms with Crippen LogP contribution in [0.25, 0.3) is 11.1 Å². The van der Waals surface area contributed by atoms with E-state index in [2.05, 4.69) is 5.43 Å². The van der Waals surface area contributed by atoms with Gasteiger partial charge >= 0.3 is 6.09 Å². The van der Waals surface area contributed by atoms with Crippen LogP contribution in [0.2, 0.25) is 0 Å². The topological polar surface area (TPSA) is 98.1 Å². The fourth-order valence-corrected chi connectivity index (χ4v) is 4.65. The van der Waals surface area contributed by atoms with Crippen molar-refractivity contribution in [2.24, 2.45) is 11.6 Å². The van der Waals surface area contributed by atoms with Gasteiger partial charge in [-0.05, 0) is 23.8 Å². The maximum atomic E-state index is 15.0. The SMILES string of the molecule is C[NH+](CCCF)Cc1ccc(-c2ccc(N3CC(CS/C(=C/N)CNN)OC3=O)cc2F)cc1. The molecule has 1 fully saturated rings. The van der Waals surface area contributed by atoms with Crippen molar-refractivity contribution >= 4 is 23.5 Å². The van der Waals surface area contributed by atoms with E-state index >= 15 is 0 Å². The first kappa shape index (κ1) is 26.0. The Morgan fingerprint density at radius 3 is 2.74 bits per heavy atom. The van der Waals surface area contributed by atoms with Crippen molar-refractivity contribution in [3.8, 4) is 11.1 Å². The van der Waals surface area contributed by atoms with E-state index in [0.29, 0.717) is 36.5 Å². The highest BCUT2D eigenvalue weighted by atomic mass is 32.2. The quantitative estimate of drug-likeness (QED) is 0.268. The van der Waals surface area contributed by atoms with Gasteiger partial charge in [-0.25, -0.2) is 9.18 Å². The summed E-state index contributed by atoms with van der Waals surface area (Å²) in [5.41, 5.74) is 10.9. The van der Waals surface area contributed by atoms with Crippen molar-refractivity contribution in [2.45, 2.75) is 19.1 Å². The van der Waals surface area contributed by atoms with Gasteiger partial charge in [0, 0.05) is 41.0 Å². The summed E-state index contributed by atoms with van der Waals surface area (Å²) in [6.07, 6.45) is 1.16. The van der Waals surface area contributed by atoms with E-state index in [1.165, 1.54) is 33.8 Å². The lowest BCUT2D eigenvalue weighted by Gasteiger charge is -2.15. The number of alkyl halides is 1. The molecule has 10 heteroatoms. The summed E-state index contributed by atoms with van der Waals surface area (Å²) in [6.45, 7) is 1.99. The molecule has 3 rings (SSSR count). The number of thioether (sulfide) groups is 1. The number of carbonyl (C=O) groups excluding carboxylic acids is 1.